The largest absolute Gasteiger partial charge is 0.683 e. The summed E-state index contributed by atoms with van der Waals surface area (Å²) in [4.78, 5) is 12.6. The predicted molar refractivity (Wildman–Crippen MR) is 117 cm³/mol. The van der Waals surface area contributed by atoms with Crippen molar-refractivity contribution in [2.24, 2.45) is 0 Å². The maximum atomic E-state index is 12.6. The molecule has 0 saturated heterocycles. The molecule has 0 aromatic heterocycles. The van der Waals surface area contributed by atoms with Gasteiger partial charge in [0.15, 0.2) is 18.1 Å². The molecule has 2 aromatic carbocycles. The molecular weight excluding hydrogens is 364 g/mol. The van der Waals surface area contributed by atoms with E-state index in [1.807, 2.05) is 74.4 Å². The van der Waals surface area contributed by atoms with E-state index in [4.69, 9.17) is 4.74 Å². The van der Waals surface area contributed by atoms with Crippen LogP contribution in [0.2, 0.25) is 0 Å². The molecule has 0 radical (unpaired) electrons. The topological polar surface area (TPSA) is 67.5 Å². The van der Waals surface area contributed by atoms with Crippen LogP contribution in [-0.2, 0) is 0 Å². The quantitative estimate of drug-likeness (QED) is 0.660. The zero-order chi connectivity index (χ0) is 20.8. The summed E-state index contributed by atoms with van der Waals surface area (Å²) < 4.78 is 7.22. The van der Waals surface area contributed by atoms with Gasteiger partial charge in [0.25, 0.3) is 5.91 Å². The summed E-state index contributed by atoms with van der Waals surface area (Å²) in [7, 11) is 3.59. The van der Waals surface area contributed by atoms with Crippen molar-refractivity contribution < 1.29 is 14.1 Å². The molecule has 0 bridgehead atoms. The number of ether oxygens (including phenoxy) is 1. The number of hydrogen-bond acceptors (Lipinski definition) is 3. The third-order valence-electron chi connectivity index (χ3n) is 4.60. The Balaban J connectivity index is 1.58. The van der Waals surface area contributed by atoms with Gasteiger partial charge >= 0.3 is 0 Å². The lowest BCUT2D eigenvalue weighted by atomic mass is 10.1. The first-order valence-electron chi connectivity index (χ1n) is 9.42. The van der Waals surface area contributed by atoms with E-state index in [-0.39, 0.29) is 11.9 Å². The van der Waals surface area contributed by atoms with Crippen molar-refractivity contribution in [3.8, 4) is 5.75 Å². The number of benzene rings is 2. The molecule has 6 nitrogen and oxygen atoms in total. The van der Waals surface area contributed by atoms with Crippen LogP contribution in [0.4, 0.5) is 5.69 Å². The van der Waals surface area contributed by atoms with Gasteiger partial charge in [0.05, 0.1) is 7.11 Å². The SMILES string of the molecule is COc1ccc(C(=O)Nc2cccc(C(C)[N-]C=CNC3=C[N+](C)=C3)c2)cc1C. The van der Waals surface area contributed by atoms with Gasteiger partial charge in [-0.3, -0.25) is 4.79 Å². The molecule has 2 N–H and O–H groups in total. The monoisotopic (exact) mass is 390 g/mol. The van der Waals surface area contributed by atoms with E-state index in [0.717, 1.165) is 28.3 Å². The number of allylic oxidation sites excluding steroid dienone is 1. The molecule has 0 saturated carbocycles. The summed E-state index contributed by atoms with van der Waals surface area (Å²) in [6.07, 6.45) is 7.54. The average Bonchev–Trinajstić information content (AvgIpc) is 2.69. The Morgan fingerprint density at radius 1 is 1.24 bits per heavy atom. The third kappa shape index (κ3) is 5.25. The molecule has 1 aliphatic rings. The zero-order valence-corrected chi connectivity index (χ0v) is 17.1. The van der Waals surface area contributed by atoms with E-state index in [2.05, 4.69) is 16.0 Å². The standard InChI is InChI=1S/C23H26N4O2/c1-16-12-19(8-9-22(16)29-4)23(28)26-20-7-5-6-18(13-20)17(2)24-10-11-25-21-14-27(3)15-21/h5-15,17,25H,1-4H3,(H,26,28). The van der Waals surface area contributed by atoms with E-state index in [1.54, 1.807) is 25.4 Å². The highest BCUT2D eigenvalue weighted by Crippen LogP contribution is 2.25. The molecule has 2 aromatic rings. The Morgan fingerprint density at radius 3 is 2.72 bits per heavy atom. The van der Waals surface area contributed by atoms with Crippen LogP contribution in [0.15, 0.2) is 66.8 Å². The van der Waals surface area contributed by atoms with Crippen LogP contribution in [0.1, 0.15) is 34.5 Å². The first-order chi connectivity index (χ1) is 14.0. The fourth-order valence-corrected chi connectivity index (χ4v) is 2.99. The van der Waals surface area contributed by atoms with Crippen molar-refractivity contribution in [3.63, 3.8) is 0 Å². The first kappa shape index (κ1) is 20.2. The second-order valence-corrected chi connectivity index (χ2v) is 6.93. The third-order valence-corrected chi connectivity index (χ3v) is 4.60. The minimum atomic E-state index is -0.156. The van der Waals surface area contributed by atoms with E-state index in [1.165, 1.54) is 0 Å². The summed E-state index contributed by atoms with van der Waals surface area (Å²) in [5.41, 5.74) is 4.32. The van der Waals surface area contributed by atoms with E-state index in [0.29, 0.717) is 5.56 Å². The maximum absolute atomic E-state index is 12.6. The van der Waals surface area contributed by atoms with Crippen LogP contribution in [0, 0.1) is 6.92 Å². The van der Waals surface area contributed by atoms with E-state index >= 15 is 0 Å². The van der Waals surface area contributed by atoms with Gasteiger partial charge < -0.3 is 20.7 Å². The number of hydrogen-bond donors (Lipinski definition) is 2. The van der Waals surface area contributed by atoms with Crippen LogP contribution in [-0.4, -0.2) is 30.9 Å². The van der Waals surface area contributed by atoms with E-state index in [9.17, 15) is 4.79 Å². The van der Waals surface area contributed by atoms with Gasteiger partial charge in [-0.1, -0.05) is 30.7 Å². The molecule has 1 unspecified atom stereocenters. The minimum absolute atomic E-state index is 0.0323. The highest BCUT2D eigenvalue weighted by atomic mass is 16.5. The molecule has 1 atom stereocenters. The Bertz CT molecular complexity index is 992. The second kappa shape index (κ2) is 9.10. The Kier molecular flexibility index (Phi) is 6.34. The number of anilines is 1. The molecular formula is C23H26N4O2. The van der Waals surface area contributed by atoms with Crippen molar-refractivity contribution in [1.82, 2.24) is 5.32 Å². The van der Waals surface area contributed by atoms with Crippen molar-refractivity contribution >= 4 is 17.8 Å². The van der Waals surface area contributed by atoms with Crippen LogP contribution in [0.5, 0.6) is 5.75 Å². The predicted octanol–water partition coefficient (Wildman–Crippen LogP) is 4.32. The lowest BCUT2D eigenvalue weighted by Crippen LogP contribution is -2.21. The van der Waals surface area contributed by atoms with Gasteiger partial charge in [0, 0.05) is 11.3 Å². The van der Waals surface area contributed by atoms with Gasteiger partial charge in [-0.2, -0.15) is 6.20 Å². The summed E-state index contributed by atoms with van der Waals surface area (Å²) in [6.45, 7) is 3.93. The molecule has 1 aliphatic heterocycles. The number of rotatable bonds is 8. The zero-order valence-electron chi connectivity index (χ0n) is 17.1. The summed E-state index contributed by atoms with van der Waals surface area (Å²) in [6, 6.07) is 13.1. The van der Waals surface area contributed by atoms with Crippen LogP contribution in [0.25, 0.3) is 5.32 Å². The van der Waals surface area contributed by atoms with Crippen LogP contribution < -0.4 is 15.4 Å². The molecule has 29 heavy (non-hydrogen) atoms. The van der Waals surface area contributed by atoms with Gasteiger partial charge in [-0.25, -0.2) is 4.58 Å². The van der Waals surface area contributed by atoms with Gasteiger partial charge in [0.1, 0.15) is 12.8 Å². The van der Waals surface area contributed by atoms with Crippen LogP contribution in [0.3, 0.4) is 0 Å². The number of nitrogens with zero attached hydrogens (tertiary/aromatic N) is 2. The lowest BCUT2D eigenvalue weighted by Gasteiger charge is -2.26. The Hall–Kier alpha value is -3.54. The van der Waals surface area contributed by atoms with Gasteiger partial charge in [0.2, 0.25) is 0 Å². The maximum Gasteiger partial charge on any atom is 0.255 e. The summed E-state index contributed by atoms with van der Waals surface area (Å²) >= 11 is 0. The second-order valence-electron chi connectivity index (χ2n) is 6.93. The average molecular weight is 390 g/mol. The Labute approximate surface area is 171 Å². The van der Waals surface area contributed by atoms with Crippen LogP contribution >= 0.6 is 0 Å². The van der Waals surface area contributed by atoms with Crippen molar-refractivity contribution in [2.75, 3.05) is 19.5 Å². The number of aryl methyl sites for hydroxylation is 1. The molecule has 6 heteroatoms. The first-order valence-corrected chi connectivity index (χ1v) is 9.42. The minimum Gasteiger partial charge on any atom is -0.683 e. The number of methoxy groups -OCH3 is 1. The Morgan fingerprint density at radius 2 is 2.03 bits per heavy atom. The highest BCUT2D eigenvalue weighted by Gasteiger charge is 2.10. The number of carbonyl (C=O) groups excluding carboxylic acids is 1. The fourth-order valence-electron chi connectivity index (χ4n) is 2.99. The normalized spacial score (nSPS) is 13.8. The summed E-state index contributed by atoms with van der Waals surface area (Å²) in [5, 5.41) is 10.6. The molecule has 0 fully saturated rings. The van der Waals surface area contributed by atoms with E-state index < -0.39 is 0 Å². The van der Waals surface area contributed by atoms with Gasteiger partial charge in [-0.15, -0.1) is 0 Å². The molecule has 0 aliphatic carbocycles. The molecule has 1 amide bonds. The smallest absolute Gasteiger partial charge is 0.255 e. The molecule has 150 valence electrons. The van der Waals surface area contributed by atoms with Crippen molar-refractivity contribution in [1.29, 1.82) is 0 Å². The highest BCUT2D eigenvalue weighted by molar-refractivity contribution is 6.04. The molecule has 3 rings (SSSR count). The van der Waals surface area contributed by atoms with Crippen molar-refractivity contribution in [3.05, 3.63) is 88.8 Å². The molecule has 0 spiro atoms. The number of amides is 1. The number of carbonyl (C=O) groups is 1. The summed E-state index contributed by atoms with van der Waals surface area (Å²) in [5.74, 6) is 0.608. The fraction of sp³-hybridized carbons (Fsp3) is 0.217. The molecule has 1 heterocycles. The van der Waals surface area contributed by atoms with Crippen molar-refractivity contribution in [2.45, 2.75) is 19.9 Å². The lowest BCUT2D eigenvalue weighted by molar-refractivity contribution is -0.429. The number of nitrogens with one attached hydrogen (secondary N) is 2. The van der Waals surface area contributed by atoms with Gasteiger partial charge in [-0.05, 0) is 49.0 Å².